The van der Waals surface area contributed by atoms with Gasteiger partial charge >= 0.3 is 0 Å². The van der Waals surface area contributed by atoms with Crippen LogP contribution >= 0.6 is 11.6 Å². The van der Waals surface area contributed by atoms with Crippen LogP contribution in [0.4, 0.5) is 15.8 Å². The van der Waals surface area contributed by atoms with Crippen molar-refractivity contribution in [3.05, 3.63) is 53.3 Å². The number of hydrogen-bond acceptors (Lipinski definition) is 4. The van der Waals surface area contributed by atoms with Crippen LogP contribution in [0.1, 0.15) is 20.3 Å². The van der Waals surface area contributed by atoms with Crippen molar-refractivity contribution in [2.75, 3.05) is 29.9 Å². The topological polar surface area (TPSA) is 87.7 Å². The highest BCUT2D eigenvalue weighted by molar-refractivity contribution is 6.31. The third kappa shape index (κ3) is 6.20. The van der Waals surface area contributed by atoms with E-state index in [-0.39, 0.29) is 35.8 Å². The van der Waals surface area contributed by atoms with Gasteiger partial charge in [0.15, 0.2) is 6.61 Å². The SMILES string of the molecule is CC(C)CNC(=O)[C@H]1CC(=O)N(c2ccc(OCC(=O)Nc3ccc(F)c(Cl)c3)cc2)C1. The lowest BCUT2D eigenvalue weighted by Gasteiger charge is -2.17. The fourth-order valence-electron chi connectivity index (χ4n) is 3.22. The van der Waals surface area contributed by atoms with Gasteiger partial charge in [0.1, 0.15) is 11.6 Å². The Hall–Kier alpha value is -3.13. The maximum atomic E-state index is 13.2. The van der Waals surface area contributed by atoms with E-state index in [1.807, 2.05) is 13.8 Å². The Morgan fingerprint density at radius 3 is 2.59 bits per heavy atom. The molecule has 3 rings (SSSR count). The van der Waals surface area contributed by atoms with E-state index < -0.39 is 11.7 Å². The number of ether oxygens (including phenoxy) is 1. The van der Waals surface area contributed by atoms with Crippen LogP contribution in [0.25, 0.3) is 0 Å². The molecule has 0 aliphatic carbocycles. The molecule has 0 saturated carbocycles. The summed E-state index contributed by atoms with van der Waals surface area (Å²) < 4.78 is 18.7. The number of benzene rings is 2. The van der Waals surface area contributed by atoms with E-state index in [2.05, 4.69) is 10.6 Å². The molecule has 9 heteroatoms. The summed E-state index contributed by atoms with van der Waals surface area (Å²) in [4.78, 5) is 38.3. The van der Waals surface area contributed by atoms with E-state index in [0.29, 0.717) is 36.1 Å². The quantitative estimate of drug-likeness (QED) is 0.628. The zero-order chi connectivity index (χ0) is 23.3. The molecule has 1 heterocycles. The molecule has 1 fully saturated rings. The summed E-state index contributed by atoms with van der Waals surface area (Å²) in [7, 11) is 0. The molecule has 0 aromatic heterocycles. The van der Waals surface area contributed by atoms with Crippen LogP contribution < -0.4 is 20.3 Å². The second kappa shape index (κ2) is 10.5. The van der Waals surface area contributed by atoms with Gasteiger partial charge in [-0.25, -0.2) is 4.39 Å². The van der Waals surface area contributed by atoms with E-state index in [1.54, 1.807) is 29.2 Å². The standard InChI is InChI=1S/C23H25ClFN3O4/c1-14(2)11-26-23(31)15-9-22(30)28(12-15)17-4-6-18(7-5-17)32-13-21(29)27-16-3-8-20(25)19(24)10-16/h3-8,10,14-15H,9,11-13H2,1-2H3,(H,26,31)(H,27,29)/t15-/m0/s1. The van der Waals surface area contributed by atoms with Crippen molar-refractivity contribution in [3.63, 3.8) is 0 Å². The van der Waals surface area contributed by atoms with Gasteiger partial charge in [0.05, 0.1) is 10.9 Å². The molecule has 0 radical (unpaired) electrons. The first-order chi connectivity index (χ1) is 15.2. The van der Waals surface area contributed by atoms with Gasteiger partial charge in [0, 0.05) is 30.9 Å². The molecule has 1 saturated heterocycles. The van der Waals surface area contributed by atoms with Crippen molar-refractivity contribution in [1.29, 1.82) is 0 Å². The molecule has 7 nitrogen and oxygen atoms in total. The summed E-state index contributed by atoms with van der Waals surface area (Å²) >= 11 is 5.70. The number of amides is 3. The molecular formula is C23H25ClFN3O4. The molecule has 0 unspecified atom stereocenters. The highest BCUT2D eigenvalue weighted by atomic mass is 35.5. The van der Waals surface area contributed by atoms with Gasteiger partial charge in [-0.05, 0) is 48.4 Å². The summed E-state index contributed by atoms with van der Waals surface area (Å²) in [6.07, 6.45) is 0.176. The van der Waals surface area contributed by atoms with E-state index in [0.717, 1.165) is 6.07 Å². The minimum absolute atomic E-state index is 0.0876. The number of carbonyl (C=O) groups is 3. The molecule has 170 valence electrons. The highest BCUT2D eigenvalue weighted by Gasteiger charge is 2.35. The Balaban J connectivity index is 1.51. The molecular weight excluding hydrogens is 437 g/mol. The van der Waals surface area contributed by atoms with Crippen LogP contribution in [-0.4, -0.2) is 37.4 Å². The molecule has 32 heavy (non-hydrogen) atoms. The summed E-state index contributed by atoms with van der Waals surface area (Å²) in [5.41, 5.74) is 1.02. The second-order valence-electron chi connectivity index (χ2n) is 8.00. The summed E-state index contributed by atoms with van der Waals surface area (Å²) in [6.45, 7) is 4.67. The van der Waals surface area contributed by atoms with Crippen molar-refractivity contribution in [3.8, 4) is 5.75 Å². The Kier molecular flexibility index (Phi) is 7.69. The predicted octanol–water partition coefficient (Wildman–Crippen LogP) is 3.62. The van der Waals surface area contributed by atoms with E-state index in [4.69, 9.17) is 16.3 Å². The van der Waals surface area contributed by atoms with E-state index in [9.17, 15) is 18.8 Å². The minimum Gasteiger partial charge on any atom is -0.484 e. The van der Waals surface area contributed by atoms with Crippen LogP contribution in [0.5, 0.6) is 5.75 Å². The molecule has 3 amide bonds. The van der Waals surface area contributed by atoms with Crippen molar-refractivity contribution < 1.29 is 23.5 Å². The van der Waals surface area contributed by atoms with Crippen LogP contribution in [-0.2, 0) is 14.4 Å². The van der Waals surface area contributed by atoms with Gasteiger partial charge in [0.25, 0.3) is 5.91 Å². The number of carbonyl (C=O) groups excluding carboxylic acids is 3. The second-order valence-corrected chi connectivity index (χ2v) is 8.41. The largest absolute Gasteiger partial charge is 0.484 e. The Morgan fingerprint density at radius 1 is 1.22 bits per heavy atom. The van der Waals surface area contributed by atoms with Crippen LogP contribution in [0.2, 0.25) is 5.02 Å². The fraction of sp³-hybridized carbons (Fsp3) is 0.348. The first kappa shape index (κ1) is 23.5. The lowest BCUT2D eigenvalue weighted by Crippen LogP contribution is -2.35. The van der Waals surface area contributed by atoms with Gasteiger partial charge < -0.3 is 20.3 Å². The maximum absolute atomic E-state index is 13.2. The fourth-order valence-corrected chi connectivity index (χ4v) is 3.40. The average molecular weight is 462 g/mol. The van der Waals surface area contributed by atoms with Crippen LogP contribution in [0.15, 0.2) is 42.5 Å². The predicted molar refractivity (Wildman–Crippen MR) is 120 cm³/mol. The zero-order valence-corrected chi connectivity index (χ0v) is 18.6. The van der Waals surface area contributed by atoms with Gasteiger partial charge in [-0.1, -0.05) is 25.4 Å². The zero-order valence-electron chi connectivity index (χ0n) is 17.9. The number of halogens is 2. The average Bonchev–Trinajstić information content (AvgIpc) is 3.15. The Bertz CT molecular complexity index is 997. The van der Waals surface area contributed by atoms with E-state index >= 15 is 0 Å². The molecule has 0 spiro atoms. The minimum atomic E-state index is -0.569. The highest BCUT2D eigenvalue weighted by Crippen LogP contribution is 2.27. The normalized spacial score (nSPS) is 15.7. The number of anilines is 2. The van der Waals surface area contributed by atoms with Gasteiger partial charge in [-0.15, -0.1) is 0 Å². The number of nitrogens with zero attached hydrogens (tertiary/aromatic N) is 1. The number of nitrogens with one attached hydrogen (secondary N) is 2. The first-order valence-electron chi connectivity index (χ1n) is 10.3. The van der Waals surface area contributed by atoms with E-state index in [1.165, 1.54) is 12.1 Å². The number of hydrogen-bond donors (Lipinski definition) is 2. The Morgan fingerprint density at radius 2 is 1.94 bits per heavy atom. The Labute approximate surface area is 190 Å². The lowest BCUT2D eigenvalue weighted by molar-refractivity contribution is -0.126. The van der Waals surface area contributed by atoms with Crippen molar-refractivity contribution in [2.24, 2.45) is 11.8 Å². The summed E-state index contributed by atoms with van der Waals surface area (Å²) in [5.74, 6) is -0.805. The third-order valence-corrected chi connectivity index (χ3v) is 5.19. The monoisotopic (exact) mass is 461 g/mol. The summed E-state index contributed by atoms with van der Waals surface area (Å²) in [6, 6.07) is 10.6. The lowest BCUT2D eigenvalue weighted by atomic mass is 10.1. The first-order valence-corrected chi connectivity index (χ1v) is 10.7. The summed E-state index contributed by atoms with van der Waals surface area (Å²) in [5, 5.41) is 5.36. The molecule has 2 aromatic rings. The molecule has 2 aromatic carbocycles. The van der Waals surface area contributed by atoms with Gasteiger partial charge in [-0.2, -0.15) is 0 Å². The number of rotatable bonds is 8. The van der Waals surface area contributed by atoms with Gasteiger partial charge in [0.2, 0.25) is 11.8 Å². The van der Waals surface area contributed by atoms with Crippen molar-refractivity contribution in [1.82, 2.24) is 5.32 Å². The molecule has 0 bridgehead atoms. The molecule has 1 aliphatic heterocycles. The van der Waals surface area contributed by atoms with Crippen molar-refractivity contribution >= 4 is 40.7 Å². The smallest absolute Gasteiger partial charge is 0.262 e. The molecule has 2 N–H and O–H groups in total. The van der Waals surface area contributed by atoms with Crippen molar-refractivity contribution in [2.45, 2.75) is 20.3 Å². The molecule has 1 atom stereocenters. The molecule has 1 aliphatic rings. The maximum Gasteiger partial charge on any atom is 0.262 e. The van der Waals surface area contributed by atoms with Crippen LogP contribution in [0.3, 0.4) is 0 Å². The van der Waals surface area contributed by atoms with Crippen LogP contribution in [0, 0.1) is 17.7 Å². The third-order valence-electron chi connectivity index (χ3n) is 4.90. The van der Waals surface area contributed by atoms with Gasteiger partial charge in [-0.3, -0.25) is 14.4 Å².